The summed E-state index contributed by atoms with van der Waals surface area (Å²) in [6.07, 6.45) is 1.40. The number of hydrogen-bond donors (Lipinski definition) is 1. The number of hydrogen-bond acceptors (Lipinski definition) is 6. The van der Waals surface area contributed by atoms with Crippen LogP contribution in [0.25, 0.3) is 6.08 Å². The number of carbonyl (C=O) groups is 2. The van der Waals surface area contributed by atoms with Crippen molar-refractivity contribution in [3.05, 3.63) is 94.0 Å². The van der Waals surface area contributed by atoms with Crippen molar-refractivity contribution < 1.29 is 24.2 Å². The van der Waals surface area contributed by atoms with Crippen molar-refractivity contribution in [1.29, 1.82) is 5.26 Å². The van der Waals surface area contributed by atoms with Gasteiger partial charge in [-0.3, -0.25) is 4.79 Å². The van der Waals surface area contributed by atoms with Gasteiger partial charge in [0.15, 0.2) is 11.5 Å². The number of nitriles is 1. The molecular formula is C25H18ClN2O5-. The van der Waals surface area contributed by atoms with Crippen LogP contribution in [0.2, 0.25) is 5.02 Å². The molecule has 0 aliphatic carbocycles. The average molecular weight is 462 g/mol. The van der Waals surface area contributed by atoms with Gasteiger partial charge in [0.25, 0.3) is 5.91 Å². The Bertz CT molecular complexity index is 1230. The van der Waals surface area contributed by atoms with Crippen LogP contribution in [-0.2, 0) is 11.4 Å². The van der Waals surface area contributed by atoms with E-state index in [1.54, 1.807) is 48.5 Å². The number of nitrogens with zero attached hydrogens (tertiary/aromatic N) is 1. The predicted octanol–water partition coefficient (Wildman–Crippen LogP) is 3.84. The fourth-order valence-corrected chi connectivity index (χ4v) is 3.16. The summed E-state index contributed by atoms with van der Waals surface area (Å²) in [5.41, 5.74) is 1.71. The van der Waals surface area contributed by atoms with Gasteiger partial charge in [-0.05, 0) is 47.0 Å². The molecular weight excluding hydrogens is 444 g/mol. The molecule has 3 aromatic rings. The van der Waals surface area contributed by atoms with E-state index >= 15 is 0 Å². The number of halogens is 1. The summed E-state index contributed by atoms with van der Waals surface area (Å²) in [6.45, 7) is 0.113. The summed E-state index contributed by atoms with van der Waals surface area (Å²) in [4.78, 5) is 23.3. The Balaban J connectivity index is 1.79. The van der Waals surface area contributed by atoms with Crippen molar-refractivity contribution in [2.24, 2.45) is 0 Å². The summed E-state index contributed by atoms with van der Waals surface area (Å²) in [5, 5.41) is 23.2. The van der Waals surface area contributed by atoms with Gasteiger partial charge in [-0.1, -0.05) is 54.1 Å². The van der Waals surface area contributed by atoms with Crippen LogP contribution in [0.4, 0.5) is 5.69 Å². The lowest BCUT2D eigenvalue weighted by atomic mass is 10.1. The highest BCUT2D eigenvalue weighted by molar-refractivity contribution is 6.32. The normalized spacial score (nSPS) is 10.8. The van der Waals surface area contributed by atoms with E-state index in [1.807, 2.05) is 12.1 Å². The molecule has 0 atom stereocenters. The highest BCUT2D eigenvalue weighted by atomic mass is 35.5. The number of benzene rings is 3. The van der Waals surface area contributed by atoms with E-state index in [0.29, 0.717) is 22.6 Å². The smallest absolute Gasteiger partial charge is 0.266 e. The van der Waals surface area contributed by atoms with Gasteiger partial charge in [-0.15, -0.1) is 0 Å². The first-order valence-corrected chi connectivity index (χ1v) is 10.1. The van der Waals surface area contributed by atoms with E-state index in [4.69, 9.17) is 21.1 Å². The monoisotopic (exact) mass is 461 g/mol. The first kappa shape index (κ1) is 23.4. The maximum Gasteiger partial charge on any atom is 0.266 e. The summed E-state index contributed by atoms with van der Waals surface area (Å²) >= 11 is 6.38. The second-order valence-corrected chi connectivity index (χ2v) is 7.20. The maximum absolute atomic E-state index is 12.4. The van der Waals surface area contributed by atoms with Crippen molar-refractivity contribution in [2.75, 3.05) is 12.4 Å². The average Bonchev–Trinajstić information content (AvgIpc) is 2.82. The number of ether oxygens (including phenoxy) is 2. The quantitative estimate of drug-likeness (QED) is 0.403. The second kappa shape index (κ2) is 10.8. The number of anilines is 1. The molecule has 0 spiro atoms. The van der Waals surface area contributed by atoms with Gasteiger partial charge in [0, 0.05) is 5.69 Å². The number of amides is 1. The molecule has 0 saturated heterocycles. The van der Waals surface area contributed by atoms with Gasteiger partial charge in [-0.25, -0.2) is 0 Å². The van der Waals surface area contributed by atoms with E-state index in [2.05, 4.69) is 5.32 Å². The SMILES string of the molecule is COc1cc(/C=C(/C#N)C(=O)Nc2ccccc2)cc(Cl)c1OCc1ccc(C(=O)[O-])cc1. The summed E-state index contributed by atoms with van der Waals surface area (Å²) in [7, 11) is 1.44. The largest absolute Gasteiger partial charge is 0.545 e. The summed E-state index contributed by atoms with van der Waals surface area (Å²) < 4.78 is 11.1. The summed E-state index contributed by atoms with van der Waals surface area (Å²) in [5.74, 6) is -1.24. The van der Waals surface area contributed by atoms with Crippen molar-refractivity contribution in [1.82, 2.24) is 0 Å². The van der Waals surface area contributed by atoms with Gasteiger partial charge >= 0.3 is 0 Å². The van der Waals surface area contributed by atoms with E-state index in [1.165, 1.54) is 25.3 Å². The molecule has 1 N–H and O–H groups in total. The minimum absolute atomic E-state index is 0.0649. The standard InChI is InChI=1S/C25H19ClN2O5/c1-32-22-13-17(11-19(14-27)24(29)28-20-5-3-2-4-6-20)12-21(26)23(22)33-15-16-7-9-18(10-8-16)25(30)31/h2-13H,15H2,1H3,(H,28,29)(H,30,31)/p-1/b19-11-. The Morgan fingerprint density at radius 3 is 2.42 bits per heavy atom. The first-order valence-electron chi connectivity index (χ1n) is 9.70. The number of nitrogens with one attached hydrogen (secondary N) is 1. The van der Waals surface area contributed by atoms with Gasteiger partial charge in [0.2, 0.25) is 0 Å². The number of aromatic carboxylic acids is 1. The lowest BCUT2D eigenvalue weighted by Crippen LogP contribution is -2.22. The second-order valence-electron chi connectivity index (χ2n) is 6.80. The van der Waals surface area contributed by atoms with Crippen LogP contribution in [-0.4, -0.2) is 19.0 Å². The third kappa shape index (κ3) is 6.12. The molecule has 0 heterocycles. The van der Waals surface area contributed by atoms with Crippen LogP contribution in [0.15, 0.2) is 72.3 Å². The fourth-order valence-electron chi connectivity index (χ4n) is 2.89. The fraction of sp³-hybridized carbons (Fsp3) is 0.0800. The Morgan fingerprint density at radius 2 is 1.82 bits per heavy atom. The third-order valence-electron chi connectivity index (χ3n) is 4.53. The number of carbonyl (C=O) groups excluding carboxylic acids is 2. The lowest BCUT2D eigenvalue weighted by Gasteiger charge is -2.14. The van der Waals surface area contributed by atoms with Crippen LogP contribution in [0, 0.1) is 11.3 Å². The molecule has 8 heteroatoms. The van der Waals surface area contributed by atoms with Crippen molar-refractivity contribution in [3.63, 3.8) is 0 Å². The molecule has 0 radical (unpaired) electrons. The van der Waals surface area contributed by atoms with E-state index in [0.717, 1.165) is 0 Å². The molecule has 0 aliphatic rings. The van der Waals surface area contributed by atoms with Crippen LogP contribution >= 0.6 is 11.6 Å². The number of methoxy groups -OCH3 is 1. The Kier molecular flexibility index (Phi) is 7.68. The Labute approximate surface area is 195 Å². The molecule has 0 bridgehead atoms. The van der Waals surface area contributed by atoms with E-state index < -0.39 is 11.9 Å². The maximum atomic E-state index is 12.4. The molecule has 0 aliphatic heterocycles. The van der Waals surface area contributed by atoms with Crippen LogP contribution in [0.1, 0.15) is 21.5 Å². The van der Waals surface area contributed by atoms with Gasteiger partial charge in [0.05, 0.1) is 18.1 Å². The molecule has 0 unspecified atom stereocenters. The molecule has 3 aromatic carbocycles. The minimum Gasteiger partial charge on any atom is -0.545 e. The number of carboxylic acids is 1. The predicted molar refractivity (Wildman–Crippen MR) is 122 cm³/mol. The highest BCUT2D eigenvalue weighted by Crippen LogP contribution is 2.37. The Hall–Kier alpha value is -4.28. The molecule has 33 heavy (non-hydrogen) atoms. The van der Waals surface area contributed by atoms with Crippen molar-refractivity contribution >= 4 is 35.2 Å². The molecule has 166 valence electrons. The molecule has 0 fully saturated rings. The topological polar surface area (TPSA) is 111 Å². The zero-order valence-electron chi connectivity index (χ0n) is 17.5. The molecule has 0 saturated carbocycles. The zero-order valence-corrected chi connectivity index (χ0v) is 18.3. The zero-order chi connectivity index (χ0) is 23.8. The molecule has 7 nitrogen and oxygen atoms in total. The highest BCUT2D eigenvalue weighted by Gasteiger charge is 2.14. The van der Waals surface area contributed by atoms with E-state index in [-0.39, 0.29) is 28.5 Å². The first-order chi connectivity index (χ1) is 15.9. The number of para-hydroxylation sites is 1. The molecule has 0 aromatic heterocycles. The van der Waals surface area contributed by atoms with Gasteiger partial charge in [0.1, 0.15) is 18.2 Å². The third-order valence-corrected chi connectivity index (χ3v) is 4.81. The van der Waals surface area contributed by atoms with Crippen LogP contribution < -0.4 is 19.9 Å². The minimum atomic E-state index is -1.26. The molecule has 1 amide bonds. The number of rotatable bonds is 8. The van der Waals surface area contributed by atoms with Crippen molar-refractivity contribution in [2.45, 2.75) is 6.61 Å². The van der Waals surface area contributed by atoms with Crippen molar-refractivity contribution in [3.8, 4) is 17.6 Å². The van der Waals surface area contributed by atoms with Gasteiger partial charge < -0.3 is 24.7 Å². The summed E-state index contributed by atoms with van der Waals surface area (Å²) in [6, 6.07) is 19.9. The van der Waals surface area contributed by atoms with Crippen LogP contribution in [0.3, 0.4) is 0 Å². The van der Waals surface area contributed by atoms with E-state index in [9.17, 15) is 20.0 Å². The lowest BCUT2D eigenvalue weighted by molar-refractivity contribution is -0.255. The molecule has 3 rings (SSSR count). The Morgan fingerprint density at radius 1 is 1.12 bits per heavy atom. The van der Waals surface area contributed by atoms with Gasteiger partial charge in [-0.2, -0.15) is 5.26 Å². The number of carboxylic acid groups (broad SMARTS) is 1. The van der Waals surface area contributed by atoms with Crippen LogP contribution in [0.5, 0.6) is 11.5 Å².